The van der Waals surface area contributed by atoms with E-state index in [-0.39, 0.29) is 11.7 Å². The molecule has 1 saturated heterocycles. The van der Waals surface area contributed by atoms with Gasteiger partial charge in [0, 0.05) is 30.2 Å². The molecule has 0 radical (unpaired) electrons. The van der Waals surface area contributed by atoms with Gasteiger partial charge in [0.2, 0.25) is 5.65 Å². The van der Waals surface area contributed by atoms with Crippen molar-refractivity contribution in [1.29, 1.82) is 0 Å². The van der Waals surface area contributed by atoms with Gasteiger partial charge in [0.25, 0.3) is 5.91 Å². The number of carbonyl (C=O) groups excluding carboxylic acids is 1. The third kappa shape index (κ3) is 2.73. The van der Waals surface area contributed by atoms with Crippen LogP contribution in [0.2, 0.25) is 0 Å². The van der Waals surface area contributed by atoms with Gasteiger partial charge in [-0.05, 0) is 54.7 Å². The molecule has 8 heteroatoms. The first-order valence-electron chi connectivity index (χ1n) is 8.92. The number of aromatic nitrogens is 5. The maximum absolute atomic E-state index is 13.6. The van der Waals surface area contributed by atoms with E-state index in [4.69, 9.17) is 0 Å². The van der Waals surface area contributed by atoms with Gasteiger partial charge in [0.1, 0.15) is 17.0 Å². The van der Waals surface area contributed by atoms with E-state index in [1.165, 1.54) is 6.07 Å². The highest BCUT2D eigenvalue weighted by molar-refractivity contribution is 5.94. The number of nitrogens with one attached hydrogen (secondary N) is 2. The van der Waals surface area contributed by atoms with Crippen LogP contribution in [0.15, 0.2) is 36.5 Å². The summed E-state index contributed by atoms with van der Waals surface area (Å²) in [5, 5.41) is 11.3. The van der Waals surface area contributed by atoms with Gasteiger partial charge in [0.05, 0.1) is 0 Å². The highest BCUT2D eigenvalue weighted by atomic mass is 19.1. The molecule has 1 fully saturated rings. The van der Waals surface area contributed by atoms with Crippen molar-refractivity contribution in [3.05, 3.63) is 53.6 Å². The fourth-order valence-corrected chi connectivity index (χ4v) is 3.86. The van der Waals surface area contributed by atoms with Crippen LogP contribution >= 0.6 is 0 Å². The quantitative estimate of drug-likeness (QED) is 0.572. The van der Waals surface area contributed by atoms with Gasteiger partial charge in [-0.15, -0.1) is 5.10 Å². The van der Waals surface area contributed by atoms with Gasteiger partial charge in [0.15, 0.2) is 0 Å². The van der Waals surface area contributed by atoms with E-state index in [0.29, 0.717) is 35.9 Å². The summed E-state index contributed by atoms with van der Waals surface area (Å²) >= 11 is 0. The van der Waals surface area contributed by atoms with Gasteiger partial charge < -0.3 is 9.88 Å². The second-order valence-corrected chi connectivity index (χ2v) is 6.86. The Bertz CT molecular complexity index is 1140. The van der Waals surface area contributed by atoms with Crippen LogP contribution < -0.4 is 0 Å². The molecule has 136 valence electrons. The zero-order valence-corrected chi connectivity index (χ0v) is 14.4. The predicted molar refractivity (Wildman–Crippen MR) is 97.8 cm³/mol. The maximum Gasteiger partial charge on any atom is 0.272 e. The lowest BCUT2D eigenvalue weighted by Gasteiger charge is -2.31. The number of hydrogen-bond donors (Lipinski definition) is 2. The molecule has 4 heterocycles. The Morgan fingerprint density at radius 1 is 1.15 bits per heavy atom. The van der Waals surface area contributed by atoms with E-state index < -0.39 is 0 Å². The Morgan fingerprint density at radius 2 is 2.00 bits per heavy atom. The number of benzene rings is 1. The van der Waals surface area contributed by atoms with Crippen molar-refractivity contribution in [3.63, 3.8) is 0 Å². The van der Waals surface area contributed by atoms with Crippen molar-refractivity contribution < 1.29 is 9.18 Å². The van der Waals surface area contributed by atoms with Crippen molar-refractivity contribution >= 4 is 28.0 Å². The monoisotopic (exact) mass is 364 g/mol. The van der Waals surface area contributed by atoms with E-state index in [1.54, 1.807) is 24.3 Å². The summed E-state index contributed by atoms with van der Waals surface area (Å²) in [5.41, 5.74) is 3.52. The standard InChI is InChI=1S/C19H17FN6O/c20-12-1-2-15-13(9-12)14(10-21-15)11-5-7-26(8-6-11)19(27)17-4-3-16-18(22-17)24-25-23-16/h1-4,9-11,21H,5-8H2,(H,22,23,24,25). The van der Waals surface area contributed by atoms with E-state index in [0.717, 1.165) is 29.3 Å². The van der Waals surface area contributed by atoms with E-state index in [9.17, 15) is 9.18 Å². The average molecular weight is 364 g/mol. The highest BCUT2D eigenvalue weighted by Gasteiger charge is 2.27. The third-order valence-electron chi connectivity index (χ3n) is 5.30. The molecule has 5 rings (SSSR count). The van der Waals surface area contributed by atoms with Crippen molar-refractivity contribution in [2.45, 2.75) is 18.8 Å². The Kier molecular flexibility index (Phi) is 3.63. The van der Waals surface area contributed by atoms with Crippen molar-refractivity contribution in [2.75, 3.05) is 13.1 Å². The minimum atomic E-state index is -0.231. The summed E-state index contributed by atoms with van der Waals surface area (Å²) in [5.74, 6) is -0.0239. The zero-order valence-electron chi connectivity index (χ0n) is 14.4. The molecule has 7 nitrogen and oxygen atoms in total. The van der Waals surface area contributed by atoms with Crippen LogP contribution in [0.1, 0.15) is 34.8 Å². The first-order chi connectivity index (χ1) is 13.2. The fraction of sp³-hybridized carbons (Fsp3) is 0.263. The molecule has 0 bridgehead atoms. The average Bonchev–Trinajstić information content (AvgIpc) is 3.33. The molecule has 1 aliphatic heterocycles. The number of amides is 1. The molecule has 0 saturated carbocycles. The largest absolute Gasteiger partial charge is 0.361 e. The van der Waals surface area contributed by atoms with Crippen LogP contribution in [0, 0.1) is 5.82 Å². The first kappa shape index (κ1) is 15.9. The summed E-state index contributed by atoms with van der Waals surface area (Å²) < 4.78 is 13.6. The molecule has 0 atom stereocenters. The summed E-state index contributed by atoms with van der Waals surface area (Å²) in [6.07, 6.45) is 3.63. The SMILES string of the molecule is O=C(c1ccc2n[nH]nc2n1)N1CCC(c2c[nH]c3ccc(F)cc23)CC1. The number of carbonyl (C=O) groups is 1. The maximum atomic E-state index is 13.6. The van der Waals surface area contributed by atoms with Gasteiger partial charge in [-0.1, -0.05) is 0 Å². The second-order valence-electron chi connectivity index (χ2n) is 6.86. The van der Waals surface area contributed by atoms with E-state index >= 15 is 0 Å². The predicted octanol–water partition coefficient (Wildman–Crippen LogP) is 2.99. The molecular formula is C19H17FN6O. The van der Waals surface area contributed by atoms with Crippen LogP contribution in [-0.4, -0.2) is 49.3 Å². The van der Waals surface area contributed by atoms with Crippen LogP contribution in [0.25, 0.3) is 22.1 Å². The number of aromatic amines is 2. The lowest BCUT2D eigenvalue weighted by atomic mass is 9.89. The Labute approximate surface area is 153 Å². The number of likely N-dealkylation sites (tertiary alicyclic amines) is 1. The highest BCUT2D eigenvalue weighted by Crippen LogP contribution is 2.33. The lowest BCUT2D eigenvalue weighted by Crippen LogP contribution is -2.38. The van der Waals surface area contributed by atoms with Crippen molar-refractivity contribution in [3.8, 4) is 0 Å². The van der Waals surface area contributed by atoms with Crippen LogP contribution in [0.5, 0.6) is 0 Å². The molecule has 27 heavy (non-hydrogen) atoms. The summed E-state index contributed by atoms with van der Waals surface area (Å²) in [7, 11) is 0. The van der Waals surface area contributed by atoms with Gasteiger partial charge >= 0.3 is 0 Å². The Hall–Kier alpha value is -3.29. The van der Waals surface area contributed by atoms with Gasteiger partial charge in [-0.3, -0.25) is 4.79 Å². The van der Waals surface area contributed by atoms with E-state index in [2.05, 4.69) is 25.4 Å². The Balaban J connectivity index is 1.33. The molecule has 0 spiro atoms. The fourth-order valence-electron chi connectivity index (χ4n) is 3.86. The molecule has 0 aliphatic carbocycles. The number of H-pyrrole nitrogens is 2. The minimum Gasteiger partial charge on any atom is -0.361 e. The molecule has 1 aromatic carbocycles. The molecular weight excluding hydrogens is 347 g/mol. The number of nitrogens with zero attached hydrogens (tertiary/aromatic N) is 4. The lowest BCUT2D eigenvalue weighted by molar-refractivity contribution is 0.0707. The smallest absolute Gasteiger partial charge is 0.272 e. The van der Waals surface area contributed by atoms with E-state index in [1.807, 2.05) is 11.1 Å². The van der Waals surface area contributed by atoms with Crippen LogP contribution in [0.4, 0.5) is 4.39 Å². The van der Waals surface area contributed by atoms with Crippen LogP contribution in [-0.2, 0) is 0 Å². The summed E-state index contributed by atoms with van der Waals surface area (Å²) in [6.45, 7) is 1.29. The zero-order chi connectivity index (χ0) is 18.4. The minimum absolute atomic E-state index is 0.0941. The summed E-state index contributed by atoms with van der Waals surface area (Å²) in [4.78, 5) is 22.1. The third-order valence-corrected chi connectivity index (χ3v) is 5.30. The second kappa shape index (κ2) is 6.15. The molecule has 3 aromatic heterocycles. The van der Waals surface area contributed by atoms with Crippen molar-refractivity contribution in [1.82, 2.24) is 30.3 Å². The number of rotatable bonds is 2. The first-order valence-corrected chi connectivity index (χ1v) is 8.92. The molecule has 0 unspecified atom stereocenters. The number of pyridine rings is 1. The summed E-state index contributed by atoms with van der Waals surface area (Å²) in [6, 6.07) is 8.23. The number of piperidine rings is 1. The normalized spacial score (nSPS) is 15.7. The van der Waals surface area contributed by atoms with Crippen LogP contribution in [0.3, 0.4) is 0 Å². The molecule has 1 aliphatic rings. The van der Waals surface area contributed by atoms with Crippen molar-refractivity contribution in [2.24, 2.45) is 0 Å². The number of fused-ring (bicyclic) bond motifs is 2. The molecule has 1 amide bonds. The van der Waals surface area contributed by atoms with Gasteiger partial charge in [-0.25, -0.2) is 9.37 Å². The molecule has 2 N–H and O–H groups in total. The van der Waals surface area contributed by atoms with Gasteiger partial charge in [-0.2, -0.15) is 10.3 Å². The topological polar surface area (TPSA) is 90.6 Å². The molecule has 4 aromatic rings. The Morgan fingerprint density at radius 3 is 2.85 bits per heavy atom. The number of halogens is 1. The number of hydrogen-bond acceptors (Lipinski definition) is 4.